The monoisotopic (exact) mass is 294 g/mol. The highest BCUT2D eigenvalue weighted by molar-refractivity contribution is 5.48. The second-order valence-corrected chi connectivity index (χ2v) is 4.36. The first-order valence-electron chi connectivity index (χ1n) is 6.39. The fourth-order valence-electron chi connectivity index (χ4n) is 1.93. The smallest absolute Gasteiger partial charge is 0.231 e. The van der Waals surface area contributed by atoms with Crippen molar-refractivity contribution in [1.82, 2.24) is 0 Å². The lowest BCUT2D eigenvalue weighted by molar-refractivity contribution is 0.173. The van der Waals surface area contributed by atoms with E-state index >= 15 is 0 Å². The molecule has 2 heterocycles. The minimum Gasteiger partial charge on any atom is -0.454 e. The fourth-order valence-corrected chi connectivity index (χ4v) is 1.93. The van der Waals surface area contributed by atoms with Crippen molar-refractivity contribution < 1.29 is 18.9 Å². The van der Waals surface area contributed by atoms with Gasteiger partial charge in [-0.1, -0.05) is 0 Å². The van der Waals surface area contributed by atoms with E-state index < -0.39 is 0 Å². The molecule has 0 aliphatic carbocycles. The Balaban J connectivity index is 0.000000131. The van der Waals surface area contributed by atoms with Gasteiger partial charge in [0.2, 0.25) is 13.6 Å². The summed E-state index contributed by atoms with van der Waals surface area (Å²) in [6.45, 7) is 0.508. The van der Waals surface area contributed by atoms with Crippen LogP contribution in [0.15, 0.2) is 36.4 Å². The average Bonchev–Trinajstić information content (AvgIpc) is 3.22. The van der Waals surface area contributed by atoms with E-state index in [4.69, 9.17) is 29.5 Å². The molecule has 108 valence electrons. The zero-order chi connectivity index (χ0) is 15.4. The number of nitriles is 2. The third-order valence-electron chi connectivity index (χ3n) is 3.00. The normalized spacial score (nSPS) is 12.6. The molecule has 4 rings (SSSR count). The van der Waals surface area contributed by atoms with E-state index in [1.54, 1.807) is 36.4 Å². The van der Waals surface area contributed by atoms with Gasteiger partial charge < -0.3 is 18.9 Å². The summed E-state index contributed by atoms with van der Waals surface area (Å²) in [7, 11) is 0. The Kier molecular flexibility index (Phi) is 3.67. The quantitative estimate of drug-likeness (QED) is 0.742. The number of hydrogen-bond donors (Lipinski definition) is 0. The minimum absolute atomic E-state index is 0.254. The zero-order valence-electron chi connectivity index (χ0n) is 11.4. The maximum Gasteiger partial charge on any atom is 0.231 e. The van der Waals surface area contributed by atoms with Crippen LogP contribution in [0.3, 0.4) is 0 Å². The lowest BCUT2D eigenvalue weighted by atomic mass is 10.2. The minimum atomic E-state index is 0.254. The summed E-state index contributed by atoms with van der Waals surface area (Å²) >= 11 is 0. The van der Waals surface area contributed by atoms with Gasteiger partial charge in [-0.15, -0.1) is 0 Å². The molecule has 0 N–H and O–H groups in total. The third kappa shape index (κ3) is 2.72. The van der Waals surface area contributed by atoms with Crippen molar-refractivity contribution in [3.63, 3.8) is 0 Å². The molecule has 0 saturated heterocycles. The van der Waals surface area contributed by atoms with E-state index in [0.29, 0.717) is 34.1 Å². The highest BCUT2D eigenvalue weighted by atomic mass is 16.7. The Bertz CT molecular complexity index is 722. The van der Waals surface area contributed by atoms with Crippen molar-refractivity contribution in [2.75, 3.05) is 13.6 Å². The van der Waals surface area contributed by atoms with Crippen LogP contribution in [0.25, 0.3) is 0 Å². The largest absolute Gasteiger partial charge is 0.454 e. The van der Waals surface area contributed by atoms with Gasteiger partial charge in [0.25, 0.3) is 0 Å². The van der Waals surface area contributed by atoms with Gasteiger partial charge in [0.1, 0.15) is 0 Å². The predicted octanol–water partition coefficient (Wildman–Crippen LogP) is 2.57. The van der Waals surface area contributed by atoms with Crippen molar-refractivity contribution in [3.05, 3.63) is 47.5 Å². The second kappa shape index (κ2) is 5.94. The molecular formula is C16H10N2O4. The lowest BCUT2D eigenvalue weighted by Crippen LogP contribution is -1.92. The molecule has 2 aromatic carbocycles. The summed E-state index contributed by atoms with van der Waals surface area (Å²) in [4.78, 5) is 0. The lowest BCUT2D eigenvalue weighted by Gasteiger charge is -1.93. The van der Waals surface area contributed by atoms with Crippen LogP contribution in [0.4, 0.5) is 0 Å². The molecule has 0 bridgehead atoms. The van der Waals surface area contributed by atoms with Crippen LogP contribution in [0.5, 0.6) is 23.0 Å². The van der Waals surface area contributed by atoms with E-state index in [2.05, 4.69) is 0 Å². The molecule has 2 aromatic rings. The first-order chi connectivity index (χ1) is 10.8. The van der Waals surface area contributed by atoms with Crippen molar-refractivity contribution in [1.29, 1.82) is 10.5 Å². The third-order valence-corrected chi connectivity index (χ3v) is 3.00. The summed E-state index contributed by atoms with van der Waals surface area (Å²) in [5, 5.41) is 17.0. The number of hydrogen-bond acceptors (Lipinski definition) is 6. The SMILES string of the molecule is N#Cc1ccc2c(c1)OCO2.N#Cc1ccc2c(c1)OCO2. The summed E-state index contributed by atoms with van der Waals surface area (Å²) in [6.07, 6.45) is 0. The van der Waals surface area contributed by atoms with Gasteiger partial charge in [0.15, 0.2) is 23.0 Å². The number of fused-ring (bicyclic) bond motifs is 2. The second-order valence-electron chi connectivity index (χ2n) is 4.36. The van der Waals surface area contributed by atoms with Crippen LogP contribution in [-0.4, -0.2) is 13.6 Å². The standard InChI is InChI=1S/2C8H5NO2/c2*9-4-6-1-2-7-8(3-6)11-5-10-7/h2*1-3H,5H2. The van der Waals surface area contributed by atoms with Gasteiger partial charge >= 0.3 is 0 Å². The Morgan fingerprint density at radius 2 is 1.05 bits per heavy atom. The van der Waals surface area contributed by atoms with Gasteiger partial charge in [-0.3, -0.25) is 0 Å². The Labute approximate surface area is 126 Å². The van der Waals surface area contributed by atoms with Crippen LogP contribution in [0, 0.1) is 22.7 Å². The first kappa shape index (κ1) is 13.6. The van der Waals surface area contributed by atoms with E-state index in [-0.39, 0.29) is 13.6 Å². The van der Waals surface area contributed by atoms with Gasteiger partial charge in [0, 0.05) is 12.1 Å². The van der Waals surface area contributed by atoms with Crippen molar-refractivity contribution in [2.45, 2.75) is 0 Å². The molecule has 0 atom stereocenters. The van der Waals surface area contributed by atoms with Crippen LogP contribution < -0.4 is 18.9 Å². The van der Waals surface area contributed by atoms with Gasteiger partial charge in [-0.05, 0) is 24.3 Å². The molecule has 0 saturated carbocycles. The maximum atomic E-state index is 8.52. The molecule has 0 amide bonds. The molecule has 0 radical (unpaired) electrons. The predicted molar refractivity (Wildman–Crippen MR) is 74.6 cm³/mol. The van der Waals surface area contributed by atoms with Gasteiger partial charge in [-0.2, -0.15) is 10.5 Å². The number of benzene rings is 2. The first-order valence-corrected chi connectivity index (χ1v) is 6.39. The zero-order valence-corrected chi connectivity index (χ0v) is 11.4. The maximum absolute atomic E-state index is 8.52. The van der Waals surface area contributed by atoms with Gasteiger partial charge in [0.05, 0.1) is 23.3 Å². The van der Waals surface area contributed by atoms with Crippen molar-refractivity contribution >= 4 is 0 Å². The van der Waals surface area contributed by atoms with Crippen LogP contribution in [0.1, 0.15) is 11.1 Å². The molecule has 0 aromatic heterocycles. The molecule has 22 heavy (non-hydrogen) atoms. The highest BCUT2D eigenvalue weighted by Gasteiger charge is 2.13. The average molecular weight is 294 g/mol. The van der Waals surface area contributed by atoms with Crippen molar-refractivity contribution in [3.8, 4) is 35.1 Å². The Hall–Kier alpha value is -3.38. The summed E-state index contributed by atoms with van der Waals surface area (Å²) in [5.74, 6) is 2.74. The summed E-state index contributed by atoms with van der Waals surface area (Å²) < 4.78 is 20.3. The molecule has 0 fully saturated rings. The number of nitrogens with zero attached hydrogens (tertiary/aromatic N) is 2. The van der Waals surface area contributed by atoms with E-state index in [0.717, 1.165) is 0 Å². The number of ether oxygens (including phenoxy) is 4. The van der Waals surface area contributed by atoms with Crippen molar-refractivity contribution in [2.24, 2.45) is 0 Å². The Morgan fingerprint density at radius 1 is 0.636 bits per heavy atom. The highest BCUT2D eigenvalue weighted by Crippen LogP contribution is 2.32. The topological polar surface area (TPSA) is 84.5 Å². The molecular weight excluding hydrogens is 284 g/mol. The molecule has 2 aliphatic heterocycles. The van der Waals surface area contributed by atoms with E-state index in [1.807, 2.05) is 12.1 Å². The molecule has 0 unspecified atom stereocenters. The van der Waals surface area contributed by atoms with Gasteiger partial charge in [-0.25, -0.2) is 0 Å². The molecule has 2 aliphatic rings. The summed E-state index contributed by atoms with van der Waals surface area (Å²) in [5.41, 5.74) is 1.18. The molecule has 6 nitrogen and oxygen atoms in total. The van der Waals surface area contributed by atoms with Crippen LogP contribution in [-0.2, 0) is 0 Å². The number of rotatable bonds is 0. The fraction of sp³-hybridized carbons (Fsp3) is 0.125. The molecule has 6 heteroatoms. The van der Waals surface area contributed by atoms with Crippen LogP contribution >= 0.6 is 0 Å². The molecule has 0 spiro atoms. The van der Waals surface area contributed by atoms with E-state index in [9.17, 15) is 0 Å². The van der Waals surface area contributed by atoms with E-state index in [1.165, 1.54) is 0 Å². The Morgan fingerprint density at radius 3 is 1.45 bits per heavy atom. The van der Waals surface area contributed by atoms with Crippen LogP contribution in [0.2, 0.25) is 0 Å². The summed E-state index contributed by atoms with van der Waals surface area (Å²) in [6, 6.07) is 14.3.